The molecule has 176 valence electrons. The third-order valence-electron chi connectivity index (χ3n) is 12.3. The van der Waals surface area contributed by atoms with E-state index in [-0.39, 0.29) is 0 Å². The summed E-state index contributed by atoms with van der Waals surface area (Å²) in [5.41, 5.74) is 5.43. The Morgan fingerprint density at radius 3 is 1.88 bits per heavy atom. The van der Waals surface area contributed by atoms with Crippen LogP contribution in [0.1, 0.15) is 93.2 Å². The molecule has 0 aromatic heterocycles. The van der Waals surface area contributed by atoms with Crippen LogP contribution in [-0.4, -0.2) is 0 Å². The Hall–Kier alpha value is -1.82. The van der Waals surface area contributed by atoms with Gasteiger partial charge in [0.15, 0.2) is 0 Å². The molecule has 8 aliphatic carbocycles. The molecule has 8 saturated carbocycles. The third kappa shape index (κ3) is 2.56. The Balaban J connectivity index is 1.36. The van der Waals surface area contributed by atoms with E-state index < -0.39 is 0 Å². The average Bonchev–Trinajstić information content (AvgIpc) is 2.82. The summed E-state index contributed by atoms with van der Waals surface area (Å²) in [5.74, 6) is 6.85. The Labute approximate surface area is 205 Å². The van der Waals surface area contributed by atoms with Gasteiger partial charge < -0.3 is 0 Å². The van der Waals surface area contributed by atoms with Gasteiger partial charge in [0.05, 0.1) is 0 Å². The lowest BCUT2D eigenvalue weighted by Gasteiger charge is -2.73. The molecule has 0 saturated heterocycles. The van der Waals surface area contributed by atoms with Crippen molar-refractivity contribution in [1.29, 1.82) is 0 Å². The van der Waals surface area contributed by atoms with Gasteiger partial charge in [-0.2, -0.15) is 0 Å². The second-order valence-corrected chi connectivity index (χ2v) is 13.9. The van der Waals surface area contributed by atoms with Crippen LogP contribution in [0.3, 0.4) is 0 Å². The van der Waals surface area contributed by atoms with Crippen molar-refractivity contribution < 1.29 is 0 Å². The summed E-state index contributed by atoms with van der Waals surface area (Å²) < 4.78 is 0. The molecule has 8 fully saturated rings. The molecule has 8 aliphatic rings. The first-order chi connectivity index (χ1) is 16.6. The van der Waals surface area contributed by atoms with Gasteiger partial charge in [-0.05, 0) is 162 Å². The zero-order valence-electron chi connectivity index (χ0n) is 20.8. The predicted octanol–water partition coefficient (Wildman–Crippen LogP) is 9.25. The Bertz CT molecular complexity index is 1150. The highest BCUT2D eigenvalue weighted by Gasteiger charge is 2.68. The van der Waals surface area contributed by atoms with E-state index in [1.165, 1.54) is 34.7 Å². The van der Waals surface area contributed by atoms with Gasteiger partial charge in [0.1, 0.15) is 0 Å². The van der Waals surface area contributed by atoms with E-state index in [2.05, 4.69) is 49.6 Å². The molecule has 0 aliphatic heterocycles. The van der Waals surface area contributed by atoms with Gasteiger partial charge in [-0.3, -0.25) is 0 Å². The number of hydrogen-bond acceptors (Lipinski definition) is 0. The zero-order chi connectivity index (χ0) is 22.7. The van der Waals surface area contributed by atoms with Crippen LogP contribution in [0, 0.1) is 46.3 Å². The van der Waals surface area contributed by atoms with Gasteiger partial charge in [0.2, 0.25) is 0 Å². The summed E-state index contributed by atoms with van der Waals surface area (Å²) >= 11 is 0. The van der Waals surface area contributed by atoms with Crippen molar-refractivity contribution in [3.63, 3.8) is 0 Å². The van der Waals surface area contributed by atoms with Crippen LogP contribution in [0.2, 0.25) is 0 Å². The molecule has 0 N–H and O–H groups in total. The van der Waals surface area contributed by atoms with E-state index in [1.807, 2.05) is 6.08 Å². The molecule has 8 bridgehead atoms. The maximum absolute atomic E-state index is 4.18. The molecule has 0 heterocycles. The summed E-state index contributed by atoms with van der Waals surface area (Å²) in [6.45, 7) is 8.31. The first-order valence-electron chi connectivity index (χ1n) is 14.4. The van der Waals surface area contributed by atoms with Crippen molar-refractivity contribution in [3.05, 3.63) is 60.2 Å². The molecule has 2 aromatic carbocycles. The fraction of sp³-hybridized carbons (Fsp3) is 0.588. The predicted molar refractivity (Wildman–Crippen MR) is 143 cm³/mol. The van der Waals surface area contributed by atoms with Gasteiger partial charge in [0, 0.05) is 0 Å². The monoisotopic (exact) mass is 448 g/mol. The highest BCUT2D eigenvalue weighted by Crippen LogP contribution is 2.78. The summed E-state index contributed by atoms with van der Waals surface area (Å²) in [6, 6.07) is 12.0. The maximum atomic E-state index is 4.18. The highest BCUT2D eigenvalue weighted by atomic mass is 14.7. The van der Waals surface area contributed by atoms with Gasteiger partial charge in [-0.25, -0.2) is 0 Å². The Kier molecular flexibility index (Phi) is 4.13. The number of benzene rings is 2. The standard InChI is InChI=1S/C34H40/c1-3-21-12-27(4-2)29-6-5-7-30(31(29)15-21)32-28-13-25-11-26(14-28)20-34(32,19-25)33-16-22-8-23(17-33)10-24(9-22)18-33/h3-7,12,15,22-26,28,32H,1-2,8-11,13-14,16-20H2. The molecule has 0 heteroatoms. The van der Waals surface area contributed by atoms with Crippen LogP contribution in [-0.2, 0) is 0 Å². The molecule has 0 nitrogen and oxygen atoms in total. The highest BCUT2D eigenvalue weighted by molar-refractivity contribution is 5.95. The molecular weight excluding hydrogens is 408 g/mol. The van der Waals surface area contributed by atoms with Crippen LogP contribution in [0.15, 0.2) is 43.5 Å². The minimum atomic E-state index is 0.560. The van der Waals surface area contributed by atoms with Crippen LogP contribution in [0.5, 0.6) is 0 Å². The molecular formula is C34H40. The lowest BCUT2D eigenvalue weighted by molar-refractivity contribution is -0.211. The largest absolute Gasteiger partial charge is 0.0985 e. The van der Waals surface area contributed by atoms with E-state index in [4.69, 9.17) is 0 Å². The molecule has 0 amide bonds. The average molecular weight is 449 g/mol. The second kappa shape index (κ2) is 6.89. The van der Waals surface area contributed by atoms with Crippen molar-refractivity contribution in [1.82, 2.24) is 0 Å². The first-order valence-corrected chi connectivity index (χ1v) is 14.4. The molecule has 2 aromatic rings. The second-order valence-electron chi connectivity index (χ2n) is 13.9. The Morgan fingerprint density at radius 2 is 1.29 bits per heavy atom. The van der Waals surface area contributed by atoms with Crippen LogP contribution >= 0.6 is 0 Å². The molecule has 3 unspecified atom stereocenters. The van der Waals surface area contributed by atoms with E-state index >= 15 is 0 Å². The minimum absolute atomic E-state index is 0.560. The van der Waals surface area contributed by atoms with Crippen LogP contribution in [0.4, 0.5) is 0 Å². The normalized spacial score (nSPS) is 45.7. The fourth-order valence-corrected chi connectivity index (χ4v) is 12.1. The van der Waals surface area contributed by atoms with Crippen molar-refractivity contribution in [2.75, 3.05) is 0 Å². The van der Waals surface area contributed by atoms with Gasteiger partial charge in [0.25, 0.3) is 0 Å². The molecule has 0 radical (unpaired) electrons. The molecule has 0 spiro atoms. The van der Waals surface area contributed by atoms with Crippen molar-refractivity contribution in [2.45, 2.75) is 76.5 Å². The van der Waals surface area contributed by atoms with E-state index in [1.54, 1.807) is 63.4 Å². The fourth-order valence-electron chi connectivity index (χ4n) is 12.1. The number of hydrogen-bond donors (Lipinski definition) is 0. The zero-order valence-corrected chi connectivity index (χ0v) is 20.8. The summed E-state index contributed by atoms with van der Waals surface area (Å²) in [4.78, 5) is 0. The lowest BCUT2D eigenvalue weighted by atomic mass is 9.32. The van der Waals surface area contributed by atoms with E-state index in [9.17, 15) is 0 Å². The van der Waals surface area contributed by atoms with Crippen LogP contribution < -0.4 is 0 Å². The van der Waals surface area contributed by atoms with Crippen molar-refractivity contribution in [3.8, 4) is 0 Å². The third-order valence-corrected chi connectivity index (χ3v) is 12.3. The van der Waals surface area contributed by atoms with Gasteiger partial charge in [-0.1, -0.05) is 43.5 Å². The first kappa shape index (κ1) is 20.4. The quantitative estimate of drug-likeness (QED) is 0.437. The Morgan fingerprint density at radius 1 is 0.676 bits per heavy atom. The summed E-state index contributed by atoms with van der Waals surface area (Å²) in [5, 5.41) is 2.92. The molecule has 34 heavy (non-hydrogen) atoms. The van der Waals surface area contributed by atoms with Crippen molar-refractivity contribution in [2.24, 2.45) is 46.3 Å². The number of fused-ring (bicyclic) bond motifs is 1. The van der Waals surface area contributed by atoms with Crippen LogP contribution in [0.25, 0.3) is 22.9 Å². The minimum Gasteiger partial charge on any atom is -0.0985 e. The summed E-state index contributed by atoms with van der Waals surface area (Å²) in [6.07, 6.45) is 21.1. The van der Waals surface area contributed by atoms with Crippen molar-refractivity contribution >= 4 is 22.9 Å². The lowest BCUT2D eigenvalue weighted by Crippen LogP contribution is -2.63. The van der Waals surface area contributed by atoms with E-state index in [0.717, 1.165) is 41.4 Å². The number of rotatable bonds is 4. The molecule has 3 atom stereocenters. The van der Waals surface area contributed by atoms with E-state index in [0.29, 0.717) is 10.8 Å². The topological polar surface area (TPSA) is 0 Å². The van der Waals surface area contributed by atoms with Gasteiger partial charge >= 0.3 is 0 Å². The summed E-state index contributed by atoms with van der Waals surface area (Å²) in [7, 11) is 0. The smallest absolute Gasteiger partial charge is 0.00651 e. The van der Waals surface area contributed by atoms with Gasteiger partial charge in [-0.15, -0.1) is 0 Å². The maximum Gasteiger partial charge on any atom is -0.00651 e. The SMILES string of the molecule is C=Cc1cc(C=C)c2cccc(C3C4CC5CC(C4)CC3(C34CC6CC(CC(C6)C3)C4)C5)c2c1. The molecule has 10 rings (SSSR count).